The quantitative estimate of drug-likeness (QED) is 0.481. The number of fused-ring (bicyclic) bond motifs is 1. The van der Waals surface area contributed by atoms with E-state index in [-0.39, 0.29) is 31.9 Å². The highest BCUT2D eigenvalue weighted by Gasteiger charge is 2.35. The summed E-state index contributed by atoms with van der Waals surface area (Å²) >= 11 is 0. The average molecular weight is 485 g/mol. The number of carboxylic acids is 1. The molecule has 0 saturated heterocycles. The van der Waals surface area contributed by atoms with Gasteiger partial charge in [0.1, 0.15) is 11.5 Å². The second-order valence-corrected chi connectivity index (χ2v) is 8.01. The lowest BCUT2D eigenvalue weighted by Gasteiger charge is -2.34. The Bertz CT molecular complexity index is 1210. The molecule has 35 heavy (non-hydrogen) atoms. The SMILES string of the molecule is O=C(O)Cc1ccccc1OCCC1Oc2ccccc2N(Cc2ccc(C(F)(F)F)cc2)C1=O. The number of carbonyl (C=O) groups is 2. The third kappa shape index (κ3) is 5.74. The number of halogens is 3. The summed E-state index contributed by atoms with van der Waals surface area (Å²) < 4.78 is 50.3. The Morgan fingerprint density at radius 3 is 2.40 bits per heavy atom. The Morgan fingerprint density at radius 2 is 1.69 bits per heavy atom. The molecule has 6 nitrogen and oxygen atoms in total. The third-order valence-corrected chi connectivity index (χ3v) is 5.54. The van der Waals surface area contributed by atoms with Gasteiger partial charge in [0.05, 0.1) is 30.8 Å². The first-order chi connectivity index (χ1) is 16.7. The summed E-state index contributed by atoms with van der Waals surface area (Å²) in [6, 6.07) is 18.4. The van der Waals surface area contributed by atoms with Crippen LogP contribution in [-0.2, 0) is 28.7 Å². The normalized spacial score (nSPS) is 15.3. The number of nitrogens with zero attached hydrogens (tertiary/aromatic N) is 1. The lowest BCUT2D eigenvalue weighted by Crippen LogP contribution is -2.46. The molecule has 0 aromatic heterocycles. The Hall–Kier alpha value is -4.01. The number of aliphatic carboxylic acids is 1. The van der Waals surface area contributed by atoms with Gasteiger partial charge in [-0.3, -0.25) is 9.59 Å². The maximum atomic E-state index is 13.3. The van der Waals surface area contributed by atoms with Gasteiger partial charge in [0, 0.05) is 12.0 Å². The van der Waals surface area contributed by atoms with Crippen molar-refractivity contribution in [2.45, 2.75) is 31.7 Å². The number of amides is 1. The number of hydrogen-bond donors (Lipinski definition) is 1. The van der Waals surface area contributed by atoms with Gasteiger partial charge in [-0.15, -0.1) is 0 Å². The van der Waals surface area contributed by atoms with Crippen molar-refractivity contribution >= 4 is 17.6 Å². The molecule has 1 unspecified atom stereocenters. The van der Waals surface area contributed by atoms with Crippen LogP contribution in [0.25, 0.3) is 0 Å². The van der Waals surface area contributed by atoms with E-state index in [4.69, 9.17) is 14.6 Å². The molecule has 0 saturated carbocycles. The number of hydrogen-bond acceptors (Lipinski definition) is 4. The fourth-order valence-corrected chi connectivity index (χ4v) is 3.83. The number of rotatable bonds is 8. The molecule has 3 aromatic carbocycles. The number of anilines is 1. The van der Waals surface area contributed by atoms with Crippen molar-refractivity contribution in [3.8, 4) is 11.5 Å². The van der Waals surface area contributed by atoms with Crippen molar-refractivity contribution in [1.29, 1.82) is 0 Å². The lowest BCUT2D eigenvalue weighted by molar-refractivity contribution is -0.138. The Balaban J connectivity index is 1.48. The summed E-state index contributed by atoms with van der Waals surface area (Å²) in [6.07, 6.45) is -5.30. The van der Waals surface area contributed by atoms with Crippen molar-refractivity contribution in [2.75, 3.05) is 11.5 Å². The number of carbonyl (C=O) groups excluding carboxylic acids is 1. The van der Waals surface area contributed by atoms with E-state index >= 15 is 0 Å². The fraction of sp³-hybridized carbons (Fsp3) is 0.231. The molecule has 0 bridgehead atoms. The van der Waals surface area contributed by atoms with Crippen LogP contribution in [0, 0.1) is 0 Å². The van der Waals surface area contributed by atoms with Crippen LogP contribution in [0.1, 0.15) is 23.1 Å². The van der Waals surface area contributed by atoms with Gasteiger partial charge >= 0.3 is 12.1 Å². The minimum absolute atomic E-state index is 0.0795. The molecule has 3 aromatic rings. The van der Waals surface area contributed by atoms with E-state index in [2.05, 4.69) is 0 Å². The zero-order valence-corrected chi connectivity index (χ0v) is 18.5. The molecular formula is C26H22F3NO5. The van der Waals surface area contributed by atoms with Gasteiger partial charge in [0.25, 0.3) is 5.91 Å². The highest BCUT2D eigenvalue weighted by Crippen LogP contribution is 2.36. The minimum Gasteiger partial charge on any atom is -0.493 e. The molecule has 1 atom stereocenters. The van der Waals surface area contributed by atoms with Gasteiger partial charge in [-0.05, 0) is 35.9 Å². The molecular weight excluding hydrogens is 463 g/mol. The van der Waals surface area contributed by atoms with E-state index in [0.717, 1.165) is 12.1 Å². The van der Waals surface area contributed by atoms with Gasteiger partial charge in [0.15, 0.2) is 6.10 Å². The second-order valence-electron chi connectivity index (χ2n) is 8.01. The second kappa shape index (κ2) is 10.1. The van der Waals surface area contributed by atoms with E-state index < -0.39 is 23.8 Å². The van der Waals surface area contributed by atoms with Crippen LogP contribution in [0.3, 0.4) is 0 Å². The van der Waals surface area contributed by atoms with Crippen LogP contribution in [0.5, 0.6) is 11.5 Å². The molecule has 1 N–H and O–H groups in total. The molecule has 1 aliphatic heterocycles. The molecule has 182 valence electrons. The van der Waals surface area contributed by atoms with Crippen molar-refractivity contribution in [3.63, 3.8) is 0 Å². The molecule has 0 spiro atoms. The minimum atomic E-state index is -4.44. The summed E-state index contributed by atoms with van der Waals surface area (Å²) in [5.74, 6) is -0.427. The molecule has 0 radical (unpaired) electrons. The van der Waals surface area contributed by atoms with Crippen LogP contribution in [-0.4, -0.2) is 29.7 Å². The van der Waals surface area contributed by atoms with Gasteiger partial charge in [-0.1, -0.05) is 42.5 Å². The standard InChI is InChI=1S/C26H22F3NO5/c27-26(28,29)19-11-9-17(10-12-19)16-30-20-6-2-4-8-22(20)35-23(25(30)33)13-14-34-21-7-3-1-5-18(21)15-24(31)32/h1-12,23H,13-16H2,(H,31,32). The van der Waals surface area contributed by atoms with Crippen LogP contribution >= 0.6 is 0 Å². The smallest absolute Gasteiger partial charge is 0.416 e. The van der Waals surface area contributed by atoms with Gasteiger partial charge in [-0.25, -0.2) is 0 Å². The average Bonchev–Trinajstić information content (AvgIpc) is 2.82. The maximum Gasteiger partial charge on any atom is 0.416 e. The van der Waals surface area contributed by atoms with Crippen LogP contribution in [0.4, 0.5) is 18.9 Å². The molecule has 0 fully saturated rings. The van der Waals surface area contributed by atoms with Crippen LogP contribution < -0.4 is 14.4 Å². The number of ether oxygens (including phenoxy) is 2. The van der Waals surface area contributed by atoms with Crippen LogP contribution in [0.15, 0.2) is 72.8 Å². The third-order valence-electron chi connectivity index (χ3n) is 5.54. The van der Waals surface area contributed by atoms with Crippen LogP contribution in [0.2, 0.25) is 0 Å². The largest absolute Gasteiger partial charge is 0.493 e. The van der Waals surface area contributed by atoms with Crippen molar-refractivity contribution < 1.29 is 37.3 Å². The molecule has 1 heterocycles. The monoisotopic (exact) mass is 485 g/mol. The zero-order chi connectivity index (χ0) is 25.0. The highest BCUT2D eigenvalue weighted by molar-refractivity contribution is 5.99. The van der Waals surface area contributed by atoms with Crippen molar-refractivity contribution in [1.82, 2.24) is 0 Å². The van der Waals surface area contributed by atoms with E-state index in [1.165, 1.54) is 17.0 Å². The van der Waals surface area contributed by atoms with E-state index in [1.54, 1.807) is 48.5 Å². The van der Waals surface area contributed by atoms with Crippen molar-refractivity contribution in [2.24, 2.45) is 0 Å². The summed E-state index contributed by atoms with van der Waals surface area (Å²) in [5, 5.41) is 9.07. The lowest BCUT2D eigenvalue weighted by atomic mass is 10.1. The first-order valence-electron chi connectivity index (χ1n) is 10.9. The molecule has 0 aliphatic carbocycles. The number of carboxylic acid groups (broad SMARTS) is 1. The highest BCUT2D eigenvalue weighted by atomic mass is 19.4. The summed E-state index contributed by atoms with van der Waals surface area (Å²) in [7, 11) is 0. The van der Waals surface area contributed by atoms with Gasteiger partial charge < -0.3 is 19.5 Å². The Morgan fingerprint density at radius 1 is 1.00 bits per heavy atom. The summed E-state index contributed by atoms with van der Waals surface area (Å²) in [6.45, 7) is 0.180. The molecule has 9 heteroatoms. The van der Waals surface area contributed by atoms with Gasteiger partial charge in [0.2, 0.25) is 0 Å². The zero-order valence-electron chi connectivity index (χ0n) is 18.5. The number of alkyl halides is 3. The Labute approximate surface area is 199 Å². The molecule has 1 aliphatic rings. The Kier molecular flexibility index (Phi) is 6.95. The summed E-state index contributed by atoms with van der Waals surface area (Å²) in [5.41, 5.74) is 0.834. The summed E-state index contributed by atoms with van der Waals surface area (Å²) in [4.78, 5) is 25.8. The first-order valence-corrected chi connectivity index (χ1v) is 10.9. The molecule has 1 amide bonds. The van der Waals surface area contributed by atoms with E-state index in [0.29, 0.717) is 28.3 Å². The van der Waals surface area contributed by atoms with Gasteiger partial charge in [-0.2, -0.15) is 13.2 Å². The number of benzene rings is 3. The predicted molar refractivity (Wildman–Crippen MR) is 121 cm³/mol. The van der Waals surface area contributed by atoms with E-state index in [9.17, 15) is 22.8 Å². The maximum absolute atomic E-state index is 13.3. The van der Waals surface area contributed by atoms with E-state index in [1.807, 2.05) is 0 Å². The fourth-order valence-electron chi connectivity index (χ4n) is 3.83. The molecule has 4 rings (SSSR count). The predicted octanol–water partition coefficient (Wildman–Crippen LogP) is 5.10. The topological polar surface area (TPSA) is 76.1 Å². The number of para-hydroxylation sites is 3. The van der Waals surface area contributed by atoms with Crippen molar-refractivity contribution in [3.05, 3.63) is 89.5 Å². The first kappa shape index (κ1) is 24.1.